The van der Waals surface area contributed by atoms with Crippen molar-refractivity contribution < 1.29 is 28.2 Å². The van der Waals surface area contributed by atoms with Crippen LogP contribution in [0.1, 0.15) is 79.9 Å². The molecular weight excluding hydrogens is 550 g/mol. The molecule has 2 atom stereocenters. The Bertz CT molecular complexity index is 1380. The molecule has 230 valence electrons. The van der Waals surface area contributed by atoms with Crippen LogP contribution in [0, 0.1) is 6.92 Å². The van der Waals surface area contributed by atoms with Crippen LogP contribution in [0.25, 0.3) is 5.52 Å². The molecule has 2 heterocycles. The van der Waals surface area contributed by atoms with Gasteiger partial charge >= 0.3 is 5.97 Å². The maximum Gasteiger partial charge on any atom is 0.356 e. The van der Waals surface area contributed by atoms with Crippen molar-refractivity contribution in [3.8, 4) is 11.5 Å². The van der Waals surface area contributed by atoms with E-state index in [9.17, 15) is 4.79 Å². The second-order valence-corrected chi connectivity index (χ2v) is 17.5. The third kappa shape index (κ3) is 6.60. The summed E-state index contributed by atoms with van der Waals surface area (Å²) in [6.07, 6.45) is 4.10. The standard InChI is InChI=1S/C32H47N3O6Si/c1-20-27(37-5)16-21(17-28(20)38-6)30(41-42(8,9)32(2,3)4)29(40-23-12-10-11-13-23)19-22-18-26-24(33)14-15-25(31(36)39-7)35(26)34-22/h14-18,23,29-30H,10-13,19,33H2,1-9H3/t29-,30+/m0/s1. The molecule has 0 bridgehead atoms. The number of benzene rings is 1. The van der Waals surface area contributed by atoms with E-state index in [1.807, 2.05) is 25.1 Å². The summed E-state index contributed by atoms with van der Waals surface area (Å²) in [7, 11) is 2.40. The summed E-state index contributed by atoms with van der Waals surface area (Å²) in [6.45, 7) is 13.2. The molecular formula is C32H47N3O6Si. The van der Waals surface area contributed by atoms with Gasteiger partial charge in [0.25, 0.3) is 0 Å². The maximum atomic E-state index is 12.5. The van der Waals surface area contributed by atoms with E-state index in [0.29, 0.717) is 23.3 Å². The molecule has 42 heavy (non-hydrogen) atoms. The van der Waals surface area contributed by atoms with Crippen molar-refractivity contribution in [2.75, 3.05) is 27.1 Å². The summed E-state index contributed by atoms with van der Waals surface area (Å²) in [5, 5.41) is 4.79. The van der Waals surface area contributed by atoms with Gasteiger partial charge in [0, 0.05) is 12.0 Å². The number of rotatable bonds is 11. The quantitative estimate of drug-likeness (QED) is 0.193. The van der Waals surface area contributed by atoms with E-state index < -0.39 is 20.4 Å². The summed E-state index contributed by atoms with van der Waals surface area (Å²) >= 11 is 0. The molecule has 0 saturated heterocycles. The molecule has 0 spiro atoms. The minimum atomic E-state index is -2.29. The Kier molecular flexibility index (Phi) is 9.59. The minimum Gasteiger partial charge on any atom is -0.496 e. The second-order valence-electron chi connectivity index (χ2n) is 12.7. The van der Waals surface area contributed by atoms with Gasteiger partial charge in [0.2, 0.25) is 0 Å². The van der Waals surface area contributed by atoms with Crippen LogP contribution in [0.5, 0.6) is 11.5 Å². The average molecular weight is 598 g/mol. The predicted octanol–water partition coefficient (Wildman–Crippen LogP) is 6.66. The van der Waals surface area contributed by atoms with E-state index in [4.69, 9.17) is 34.2 Å². The van der Waals surface area contributed by atoms with Crippen molar-refractivity contribution in [2.45, 2.75) is 96.2 Å². The Balaban J connectivity index is 1.86. The Morgan fingerprint density at radius 3 is 2.24 bits per heavy atom. The average Bonchev–Trinajstić information content (AvgIpc) is 3.61. The van der Waals surface area contributed by atoms with Crippen LogP contribution in [-0.4, -0.2) is 57.4 Å². The largest absolute Gasteiger partial charge is 0.496 e. The Hall–Kier alpha value is -3.08. The molecule has 1 aromatic carbocycles. The van der Waals surface area contributed by atoms with Crippen LogP contribution in [-0.2, 0) is 20.3 Å². The molecule has 0 radical (unpaired) electrons. The number of aromatic nitrogens is 2. The van der Waals surface area contributed by atoms with Crippen molar-refractivity contribution in [3.05, 3.63) is 52.8 Å². The highest BCUT2D eigenvalue weighted by Gasteiger charge is 2.42. The van der Waals surface area contributed by atoms with Gasteiger partial charge in [-0.2, -0.15) is 5.10 Å². The number of carbonyl (C=O) groups excluding carboxylic acids is 1. The number of pyridine rings is 1. The first-order valence-electron chi connectivity index (χ1n) is 14.7. The van der Waals surface area contributed by atoms with E-state index in [-0.39, 0.29) is 17.2 Å². The third-order valence-electron chi connectivity index (χ3n) is 8.85. The summed E-state index contributed by atoms with van der Waals surface area (Å²) in [4.78, 5) is 12.5. The normalized spacial score (nSPS) is 16.0. The SMILES string of the molecule is COC(=O)c1ccc(N)c2cc(C[C@H](OC3CCCC3)[C@H](O[Si](C)(C)C(C)(C)C)c3cc(OC)c(C)c(OC)c3)nn12. The minimum absolute atomic E-state index is 0.0328. The summed E-state index contributed by atoms with van der Waals surface area (Å²) < 4.78 is 32.2. The van der Waals surface area contributed by atoms with Crippen LogP contribution in [0.15, 0.2) is 30.3 Å². The van der Waals surface area contributed by atoms with Crippen LogP contribution in [0.4, 0.5) is 5.69 Å². The molecule has 4 rings (SSSR count). The third-order valence-corrected chi connectivity index (χ3v) is 13.3. The maximum absolute atomic E-state index is 12.5. The molecule has 1 aliphatic carbocycles. The zero-order chi connectivity index (χ0) is 30.8. The number of hydrogen-bond donors (Lipinski definition) is 1. The lowest BCUT2D eigenvalue weighted by molar-refractivity contribution is -0.0709. The molecule has 9 nitrogen and oxygen atoms in total. The van der Waals surface area contributed by atoms with Gasteiger partial charge in [-0.1, -0.05) is 33.6 Å². The van der Waals surface area contributed by atoms with Crippen molar-refractivity contribution in [2.24, 2.45) is 0 Å². The summed E-state index contributed by atoms with van der Waals surface area (Å²) in [5.41, 5.74) is 10.4. The number of carbonyl (C=O) groups is 1. The molecule has 2 N–H and O–H groups in total. The molecule has 1 fully saturated rings. The Labute approximate surface area is 250 Å². The highest BCUT2D eigenvalue weighted by atomic mass is 28.4. The fourth-order valence-corrected chi connectivity index (χ4v) is 6.61. The number of hydrogen-bond acceptors (Lipinski definition) is 8. The first kappa shape index (κ1) is 31.8. The van der Waals surface area contributed by atoms with Crippen LogP contribution >= 0.6 is 0 Å². The van der Waals surface area contributed by atoms with Gasteiger partial charge in [0.15, 0.2) is 14.0 Å². The molecule has 1 saturated carbocycles. The first-order chi connectivity index (χ1) is 19.8. The molecule has 10 heteroatoms. The molecule has 0 unspecified atom stereocenters. The fourth-order valence-electron chi connectivity index (χ4n) is 5.33. The number of nitrogen functional groups attached to an aromatic ring is 1. The number of nitrogens with two attached hydrogens (primary N) is 1. The van der Waals surface area contributed by atoms with Crippen molar-refractivity contribution in [1.82, 2.24) is 9.61 Å². The van der Waals surface area contributed by atoms with Gasteiger partial charge in [-0.05, 0) is 73.8 Å². The number of esters is 1. The number of nitrogens with zero attached hydrogens (tertiary/aromatic N) is 2. The van der Waals surface area contributed by atoms with Crippen molar-refractivity contribution >= 4 is 25.5 Å². The van der Waals surface area contributed by atoms with Gasteiger partial charge in [0.05, 0.1) is 56.5 Å². The lowest BCUT2D eigenvalue weighted by atomic mass is 9.98. The number of ether oxygens (including phenoxy) is 4. The lowest BCUT2D eigenvalue weighted by Gasteiger charge is -2.42. The van der Waals surface area contributed by atoms with Crippen molar-refractivity contribution in [1.29, 1.82) is 0 Å². The van der Waals surface area contributed by atoms with Crippen LogP contribution in [0.3, 0.4) is 0 Å². The molecule has 1 aliphatic rings. The monoisotopic (exact) mass is 597 g/mol. The fraction of sp³-hybridized carbons (Fsp3) is 0.562. The Morgan fingerprint density at radius 2 is 1.69 bits per heavy atom. The topological polar surface area (TPSA) is 107 Å². The predicted molar refractivity (Wildman–Crippen MR) is 167 cm³/mol. The summed E-state index contributed by atoms with van der Waals surface area (Å²) in [6, 6.07) is 9.33. The van der Waals surface area contributed by atoms with E-state index in [1.54, 1.807) is 30.9 Å². The first-order valence-corrected chi connectivity index (χ1v) is 17.6. The second kappa shape index (κ2) is 12.6. The summed E-state index contributed by atoms with van der Waals surface area (Å²) in [5.74, 6) is 0.985. The molecule has 3 aromatic rings. The highest BCUT2D eigenvalue weighted by molar-refractivity contribution is 6.74. The smallest absolute Gasteiger partial charge is 0.356 e. The lowest BCUT2D eigenvalue weighted by Crippen LogP contribution is -2.45. The Morgan fingerprint density at radius 1 is 1.07 bits per heavy atom. The number of fused-ring (bicyclic) bond motifs is 1. The zero-order valence-electron chi connectivity index (χ0n) is 26.6. The van der Waals surface area contributed by atoms with E-state index in [0.717, 1.165) is 54.0 Å². The zero-order valence-corrected chi connectivity index (χ0v) is 27.6. The van der Waals surface area contributed by atoms with Gasteiger partial charge in [-0.25, -0.2) is 9.31 Å². The van der Waals surface area contributed by atoms with Gasteiger partial charge in [-0.15, -0.1) is 0 Å². The molecule has 0 aliphatic heterocycles. The number of anilines is 1. The van der Waals surface area contributed by atoms with Gasteiger partial charge in [-0.3, -0.25) is 0 Å². The van der Waals surface area contributed by atoms with E-state index in [1.165, 1.54) is 7.11 Å². The van der Waals surface area contributed by atoms with E-state index >= 15 is 0 Å². The van der Waals surface area contributed by atoms with Gasteiger partial charge < -0.3 is 29.1 Å². The highest BCUT2D eigenvalue weighted by Crippen LogP contribution is 2.44. The molecule has 2 aromatic heterocycles. The van der Waals surface area contributed by atoms with Gasteiger partial charge in [0.1, 0.15) is 11.5 Å². The van der Waals surface area contributed by atoms with Crippen LogP contribution in [0.2, 0.25) is 18.1 Å². The molecule has 0 amide bonds. The van der Waals surface area contributed by atoms with Crippen molar-refractivity contribution in [3.63, 3.8) is 0 Å². The number of methoxy groups -OCH3 is 3. The van der Waals surface area contributed by atoms with E-state index in [2.05, 4.69) is 33.9 Å². The van der Waals surface area contributed by atoms with Crippen LogP contribution < -0.4 is 15.2 Å².